The Bertz CT molecular complexity index is 1010. The molecule has 0 saturated carbocycles. The van der Waals surface area contributed by atoms with Gasteiger partial charge in [0, 0.05) is 25.9 Å². The van der Waals surface area contributed by atoms with Crippen molar-refractivity contribution in [3.63, 3.8) is 0 Å². The van der Waals surface area contributed by atoms with E-state index in [-0.39, 0.29) is 5.56 Å². The van der Waals surface area contributed by atoms with Gasteiger partial charge in [0.1, 0.15) is 0 Å². The smallest absolute Gasteiger partial charge is 0.335 e. The number of aromatic carboxylic acids is 1. The van der Waals surface area contributed by atoms with E-state index in [1.807, 2.05) is 18.3 Å². The summed E-state index contributed by atoms with van der Waals surface area (Å²) in [5.74, 6) is 0.0201. The quantitative estimate of drug-likeness (QED) is 0.752. The van der Waals surface area contributed by atoms with Gasteiger partial charge >= 0.3 is 5.97 Å². The number of anilines is 1. The van der Waals surface area contributed by atoms with Gasteiger partial charge in [0.25, 0.3) is 0 Å². The first-order valence-corrected chi connectivity index (χ1v) is 9.62. The van der Waals surface area contributed by atoms with Gasteiger partial charge in [-0.3, -0.25) is 0 Å². The van der Waals surface area contributed by atoms with Crippen LogP contribution >= 0.6 is 0 Å². The lowest BCUT2D eigenvalue weighted by Gasteiger charge is -2.44. The van der Waals surface area contributed by atoms with Gasteiger partial charge in [-0.1, -0.05) is 0 Å². The summed E-state index contributed by atoms with van der Waals surface area (Å²) < 4.78 is 7.87. The van der Waals surface area contributed by atoms with Crippen molar-refractivity contribution in [3.8, 4) is 0 Å². The number of piperidine rings is 1. The topological polar surface area (TPSA) is 67.1 Å². The largest absolute Gasteiger partial charge is 0.478 e. The molecule has 0 radical (unpaired) electrons. The maximum Gasteiger partial charge on any atom is 0.335 e. The molecule has 0 amide bonds. The third-order valence-corrected chi connectivity index (χ3v) is 6.21. The monoisotopic (exact) mass is 365 g/mol. The predicted molar refractivity (Wildman–Crippen MR) is 104 cm³/mol. The zero-order valence-corrected chi connectivity index (χ0v) is 15.2. The number of carboxylic acids is 1. The van der Waals surface area contributed by atoms with Crippen LogP contribution in [0.25, 0.3) is 16.6 Å². The summed E-state index contributed by atoms with van der Waals surface area (Å²) in [6.07, 6.45) is 6.68. The molecule has 2 fully saturated rings. The van der Waals surface area contributed by atoms with E-state index in [0.29, 0.717) is 5.41 Å². The number of nitrogens with zero attached hydrogens (tertiary/aromatic N) is 3. The molecule has 0 bridgehead atoms. The molecular formula is C21H23N3O3. The number of benzene rings is 1. The van der Waals surface area contributed by atoms with Crippen LogP contribution in [0, 0.1) is 5.41 Å². The third kappa shape index (κ3) is 2.75. The Labute approximate surface area is 157 Å². The molecular weight excluding hydrogens is 342 g/mol. The molecule has 27 heavy (non-hydrogen) atoms. The Balaban J connectivity index is 1.54. The lowest BCUT2D eigenvalue weighted by molar-refractivity contribution is -0.0210. The molecule has 4 heterocycles. The second-order valence-electron chi connectivity index (χ2n) is 7.85. The van der Waals surface area contributed by atoms with E-state index in [0.717, 1.165) is 67.9 Å². The number of carbonyl (C=O) groups is 1. The first kappa shape index (κ1) is 16.6. The summed E-state index contributed by atoms with van der Waals surface area (Å²) in [6.45, 7) is 3.70. The van der Waals surface area contributed by atoms with Gasteiger partial charge in [-0.15, -0.1) is 0 Å². The minimum Gasteiger partial charge on any atom is -0.478 e. The molecule has 1 spiro atoms. The number of aromatic nitrogens is 2. The average molecular weight is 365 g/mol. The van der Waals surface area contributed by atoms with Crippen LogP contribution < -0.4 is 4.90 Å². The Kier molecular flexibility index (Phi) is 3.82. The van der Waals surface area contributed by atoms with Crippen LogP contribution in [0.15, 0.2) is 36.5 Å². The first-order chi connectivity index (χ1) is 13.2. The van der Waals surface area contributed by atoms with Gasteiger partial charge in [0.05, 0.1) is 28.7 Å². The summed E-state index contributed by atoms with van der Waals surface area (Å²) in [4.78, 5) is 18.6. The molecule has 2 saturated heterocycles. The lowest BCUT2D eigenvalue weighted by atomic mass is 9.74. The summed E-state index contributed by atoms with van der Waals surface area (Å²) >= 11 is 0. The molecule has 140 valence electrons. The molecule has 0 aliphatic carbocycles. The lowest BCUT2D eigenvalue weighted by Crippen LogP contribution is -2.44. The molecule has 2 aliphatic heterocycles. The summed E-state index contributed by atoms with van der Waals surface area (Å²) in [7, 11) is 0. The maximum atomic E-state index is 11.4. The molecule has 6 nitrogen and oxygen atoms in total. The van der Waals surface area contributed by atoms with E-state index in [1.54, 1.807) is 12.1 Å². The fourth-order valence-electron chi connectivity index (χ4n) is 4.62. The van der Waals surface area contributed by atoms with Crippen LogP contribution in [0.4, 0.5) is 5.82 Å². The molecule has 6 heteroatoms. The van der Waals surface area contributed by atoms with Gasteiger partial charge in [0.2, 0.25) is 0 Å². The van der Waals surface area contributed by atoms with Crippen molar-refractivity contribution in [1.82, 2.24) is 9.38 Å². The van der Waals surface area contributed by atoms with E-state index in [4.69, 9.17) is 9.72 Å². The van der Waals surface area contributed by atoms with Crippen molar-refractivity contribution in [3.05, 3.63) is 42.1 Å². The fourth-order valence-corrected chi connectivity index (χ4v) is 4.62. The van der Waals surface area contributed by atoms with E-state index in [9.17, 15) is 9.90 Å². The number of hydrogen-bond acceptors (Lipinski definition) is 4. The maximum absolute atomic E-state index is 11.4. The summed E-state index contributed by atoms with van der Waals surface area (Å²) in [5, 5.41) is 9.32. The SMILES string of the molecule is O=C(O)c1ccc2c(c1)nc(N1CCC3(CCCOC3)CC1)c1cccn12. The molecule has 0 atom stereocenters. The number of rotatable bonds is 2. The van der Waals surface area contributed by atoms with Gasteiger partial charge in [-0.05, 0) is 61.4 Å². The van der Waals surface area contributed by atoms with Gasteiger partial charge < -0.3 is 19.1 Å². The normalized spacial score (nSPS) is 19.8. The number of ether oxygens (including phenoxy) is 1. The van der Waals surface area contributed by atoms with Crippen LogP contribution in [0.2, 0.25) is 0 Å². The van der Waals surface area contributed by atoms with Gasteiger partial charge in [-0.25, -0.2) is 9.78 Å². The van der Waals surface area contributed by atoms with Crippen LogP contribution in [0.5, 0.6) is 0 Å². The fraction of sp³-hybridized carbons (Fsp3) is 0.429. The number of carboxylic acid groups (broad SMARTS) is 1. The van der Waals surface area contributed by atoms with Gasteiger partial charge in [0.15, 0.2) is 5.82 Å². The Morgan fingerprint density at radius 3 is 2.74 bits per heavy atom. The highest BCUT2D eigenvalue weighted by Gasteiger charge is 2.37. The van der Waals surface area contributed by atoms with Crippen molar-refractivity contribution < 1.29 is 14.6 Å². The number of hydrogen-bond donors (Lipinski definition) is 1. The van der Waals surface area contributed by atoms with Crippen molar-refractivity contribution in [1.29, 1.82) is 0 Å². The number of fused-ring (bicyclic) bond motifs is 3. The first-order valence-electron chi connectivity index (χ1n) is 9.62. The standard InChI is InChI=1S/C21H23N3O3/c25-20(26)15-4-5-17-16(13-15)22-19(18-3-1-9-24(17)18)23-10-7-21(8-11-23)6-2-12-27-14-21/h1,3-5,9,13H,2,6-8,10-12,14H2,(H,25,26). The van der Waals surface area contributed by atoms with E-state index in [1.165, 1.54) is 6.42 Å². The minimum atomic E-state index is -0.926. The third-order valence-electron chi connectivity index (χ3n) is 6.21. The second-order valence-corrected chi connectivity index (χ2v) is 7.85. The molecule has 0 unspecified atom stereocenters. The van der Waals surface area contributed by atoms with Crippen molar-refractivity contribution >= 4 is 28.3 Å². The zero-order chi connectivity index (χ0) is 18.4. The van der Waals surface area contributed by atoms with E-state index >= 15 is 0 Å². The predicted octanol–water partition coefficient (Wildman–Crippen LogP) is 3.58. The van der Waals surface area contributed by atoms with Crippen molar-refractivity contribution in [2.75, 3.05) is 31.2 Å². The minimum absolute atomic E-state index is 0.268. The molecule has 5 rings (SSSR count). The highest BCUT2D eigenvalue weighted by atomic mass is 16.5. The van der Waals surface area contributed by atoms with Crippen molar-refractivity contribution in [2.24, 2.45) is 5.41 Å². The van der Waals surface area contributed by atoms with E-state index in [2.05, 4.69) is 15.4 Å². The average Bonchev–Trinajstić information content (AvgIpc) is 3.18. The summed E-state index contributed by atoms with van der Waals surface area (Å²) in [6, 6.07) is 9.25. The Morgan fingerprint density at radius 1 is 1.15 bits per heavy atom. The zero-order valence-electron chi connectivity index (χ0n) is 15.2. The van der Waals surface area contributed by atoms with Crippen LogP contribution in [0.1, 0.15) is 36.0 Å². The molecule has 2 aromatic heterocycles. The highest BCUT2D eigenvalue weighted by molar-refractivity contribution is 5.94. The highest BCUT2D eigenvalue weighted by Crippen LogP contribution is 2.40. The molecule has 1 aromatic carbocycles. The Morgan fingerprint density at radius 2 is 2.00 bits per heavy atom. The molecule has 1 N–H and O–H groups in total. The Hall–Kier alpha value is -2.60. The van der Waals surface area contributed by atoms with Gasteiger partial charge in [-0.2, -0.15) is 0 Å². The van der Waals surface area contributed by atoms with Crippen LogP contribution in [-0.2, 0) is 4.74 Å². The second kappa shape index (κ2) is 6.23. The summed E-state index contributed by atoms with van der Waals surface area (Å²) in [5.41, 5.74) is 3.32. The molecule has 3 aromatic rings. The van der Waals surface area contributed by atoms with Crippen molar-refractivity contribution in [2.45, 2.75) is 25.7 Å². The van der Waals surface area contributed by atoms with E-state index < -0.39 is 5.97 Å². The molecule has 2 aliphatic rings. The van der Waals surface area contributed by atoms with Crippen LogP contribution in [-0.4, -0.2) is 46.8 Å². The van der Waals surface area contributed by atoms with Crippen LogP contribution in [0.3, 0.4) is 0 Å².